The van der Waals surface area contributed by atoms with Gasteiger partial charge in [0.05, 0.1) is 0 Å². The summed E-state index contributed by atoms with van der Waals surface area (Å²) >= 11 is 0. The zero-order valence-electron chi connectivity index (χ0n) is 15.0. The minimum absolute atomic E-state index is 0.0296. The predicted molar refractivity (Wildman–Crippen MR) is 96.9 cm³/mol. The van der Waals surface area contributed by atoms with Gasteiger partial charge in [-0.1, -0.05) is 39.8 Å². The van der Waals surface area contributed by atoms with Crippen molar-refractivity contribution in [2.75, 3.05) is 0 Å². The van der Waals surface area contributed by atoms with Crippen LogP contribution >= 0.6 is 0 Å². The molecule has 0 aromatic heterocycles. The van der Waals surface area contributed by atoms with Gasteiger partial charge in [-0.3, -0.25) is 0 Å². The molecule has 2 nitrogen and oxygen atoms in total. The smallest absolute Gasteiger partial charge is 0.115 e. The average molecular weight is 322 g/mol. The molecule has 1 atom stereocenters. The Morgan fingerprint density at radius 3 is 1.92 bits per heavy atom. The number of phenolic OH excluding ortho intramolecular Hbond substituents is 2. The molecule has 1 spiro atoms. The number of aromatic hydroxyl groups is 2. The Kier molecular flexibility index (Phi) is 2.96. The summed E-state index contributed by atoms with van der Waals surface area (Å²) in [6, 6.07) is 11.7. The Morgan fingerprint density at radius 1 is 0.708 bits per heavy atom. The highest BCUT2D eigenvalue weighted by molar-refractivity contribution is 5.53. The van der Waals surface area contributed by atoms with Gasteiger partial charge in [0.1, 0.15) is 11.5 Å². The van der Waals surface area contributed by atoms with E-state index in [1.165, 1.54) is 22.3 Å². The van der Waals surface area contributed by atoms with E-state index >= 15 is 0 Å². The first kappa shape index (κ1) is 15.6. The van der Waals surface area contributed by atoms with Gasteiger partial charge < -0.3 is 10.2 Å². The van der Waals surface area contributed by atoms with Crippen LogP contribution in [0.1, 0.15) is 62.8 Å². The molecule has 2 heteroatoms. The molecule has 0 heterocycles. The van der Waals surface area contributed by atoms with E-state index in [-0.39, 0.29) is 16.2 Å². The molecule has 0 bridgehead atoms. The molecule has 2 aromatic carbocycles. The number of hydrogen-bond acceptors (Lipinski definition) is 2. The normalized spacial score (nSPS) is 26.2. The van der Waals surface area contributed by atoms with Crippen LogP contribution in [0.3, 0.4) is 0 Å². The highest BCUT2D eigenvalue weighted by Crippen LogP contribution is 2.59. The van der Waals surface area contributed by atoms with Crippen molar-refractivity contribution in [3.05, 3.63) is 58.7 Å². The lowest BCUT2D eigenvalue weighted by molar-refractivity contribution is 0.244. The zero-order chi connectivity index (χ0) is 17.3. The molecule has 0 saturated heterocycles. The third-order valence-corrected chi connectivity index (χ3v) is 6.21. The van der Waals surface area contributed by atoms with Crippen LogP contribution in [0.2, 0.25) is 0 Å². The van der Waals surface area contributed by atoms with Gasteiger partial charge in [-0.2, -0.15) is 0 Å². The first-order chi connectivity index (χ1) is 11.1. The summed E-state index contributed by atoms with van der Waals surface area (Å²) in [5, 5.41) is 20.1. The molecule has 0 radical (unpaired) electrons. The third kappa shape index (κ3) is 2.08. The van der Waals surface area contributed by atoms with E-state index in [2.05, 4.69) is 39.8 Å². The number of fused-ring (bicyclic) bond motifs is 3. The fourth-order valence-electron chi connectivity index (χ4n) is 5.67. The topological polar surface area (TPSA) is 40.5 Å². The van der Waals surface area contributed by atoms with Gasteiger partial charge in [0.15, 0.2) is 0 Å². The highest BCUT2D eigenvalue weighted by Gasteiger charge is 2.52. The van der Waals surface area contributed by atoms with Crippen LogP contribution in [0.4, 0.5) is 0 Å². The molecule has 0 saturated carbocycles. The first-order valence-electron chi connectivity index (χ1n) is 8.79. The van der Waals surface area contributed by atoms with Gasteiger partial charge in [-0.25, -0.2) is 0 Å². The number of rotatable bonds is 0. The van der Waals surface area contributed by atoms with Gasteiger partial charge >= 0.3 is 0 Å². The Bertz CT molecular complexity index is 832. The molecule has 126 valence electrons. The van der Waals surface area contributed by atoms with E-state index in [9.17, 15) is 10.2 Å². The van der Waals surface area contributed by atoms with Crippen molar-refractivity contribution < 1.29 is 10.2 Å². The second-order valence-electron chi connectivity index (χ2n) is 9.15. The summed E-state index contributed by atoms with van der Waals surface area (Å²) in [4.78, 5) is 0. The number of benzene rings is 2. The van der Waals surface area contributed by atoms with E-state index in [4.69, 9.17) is 0 Å². The van der Waals surface area contributed by atoms with E-state index in [0.717, 1.165) is 19.3 Å². The Balaban J connectivity index is 1.94. The molecular weight excluding hydrogens is 296 g/mol. The summed E-state index contributed by atoms with van der Waals surface area (Å²) in [6.45, 7) is 9.22. The second-order valence-corrected chi connectivity index (χ2v) is 9.15. The average Bonchev–Trinajstić information content (AvgIpc) is 2.64. The van der Waals surface area contributed by atoms with E-state index in [0.29, 0.717) is 11.5 Å². The van der Waals surface area contributed by atoms with Gasteiger partial charge in [-0.05, 0) is 76.6 Å². The minimum atomic E-state index is 0.0296. The van der Waals surface area contributed by atoms with Crippen LogP contribution in [-0.4, -0.2) is 10.2 Å². The quantitative estimate of drug-likeness (QED) is 0.721. The van der Waals surface area contributed by atoms with Crippen LogP contribution in [0.15, 0.2) is 36.4 Å². The molecule has 2 aliphatic carbocycles. The molecule has 2 N–H and O–H groups in total. The molecule has 4 rings (SSSR count). The standard InChI is InChI=1S/C22H26O2/c1-20(2)12-22(11-14-9-15(23)5-7-17(14)20)13-21(3,4)18-8-6-16(24)10-19(18)22/h5-10,23-24H,11-13H2,1-4H3. The maximum absolute atomic E-state index is 10.1. The summed E-state index contributed by atoms with van der Waals surface area (Å²) in [5.74, 6) is 0.695. The lowest BCUT2D eigenvalue weighted by Crippen LogP contribution is -2.41. The predicted octanol–water partition coefficient (Wildman–Crippen LogP) is 4.94. The Morgan fingerprint density at radius 2 is 1.25 bits per heavy atom. The molecule has 24 heavy (non-hydrogen) atoms. The van der Waals surface area contributed by atoms with Crippen LogP contribution in [0, 0.1) is 0 Å². The maximum atomic E-state index is 10.1. The van der Waals surface area contributed by atoms with Crippen molar-refractivity contribution in [2.45, 2.75) is 63.2 Å². The Labute approximate surface area is 144 Å². The van der Waals surface area contributed by atoms with Crippen molar-refractivity contribution in [1.29, 1.82) is 0 Å². The van der Waals surface area contributed by atoms with Crippen LogP contribution in [-0.2, 0) is 22.7 Å². The van der Waals surface area contributed by atoms with E-state index < -0.39 is 0 Å². The molecule has 0 aliphatic heterocycles. The van der Waals surface area contributed by atoms with Crippen molar-refractivity contribution >= 4 is 0 Å². The Hall–Kier alpha value is -1.96. The highest BCUT2D eigenvalue weighted by atomic mass is 16.3. The van der Waals surface area contributed by atoms with Crippen molar-refractivity contribution in [2.24, 2.45) is 0 Å². The lowest BCUT2D eigenvalue weighted by atomic mass is 9.58. The number of phenols is 2. The lowest BCUT2D eigenvalue weighted by Gasteiger charge is -2.45. The first-order valence-corrected chi connectivity index (χ1v) is 8.79. The SMILES string of the molecule is CC1(C)CC2(Cc3cc(O)ccc31)CC(C)(C)c1ccc(O)cc12. The fourth-order valence-corrected chi connectivity index (χ4v) is 5.67. The van der Waals surface area contributed by atoms with Crippen molar-refractivity contribution in [1.82, 2.24) is 0 Å². The van der Waals surface area contributed by atoms with Gasteiger partial charge in [0.2, 0.25) is 0 Å². The van der Waals surface area contributed by atoms with Gasteiger partial charge in [0.25, 0.3) is 0 Å². The summed E-state index contributed by atoms with van der Waals surface area (Å²) in [6.07, 6.45) is 3.08. The summed E-state index contributed by atoms with van der Waals surface area (Å²) in [5.41, 5.74) is 5.43. The zero-order valence-corrected chi connectivity index (χ0v) is 15.0. The molecule has 2 aliphatic rings. The monoisotopic (exact) mass is 322 g/mol. The second kappa shape index (κ2) is 4.56. The van der Waals surface area contributed by atoms with E-state index in [1.54, 1.807) is 6.07 Å². The van der Waals surface area contributed by atoms with Crippen molar-refractivity contribution in [3.8, 4) is 11.5 Å². The molecule has 0 amide bonds. The third-order valence-electron chi connectivity index (χ3n) is 6.21. The fraction of sp³-hybridized carbons (Fsp3) is 0.455. The molecule has 0 fully saturated rings. The van der Waals surface area contributed by atoms with Crippen LogP contribution < -0.4 is 0 Å². The number of hydrogen-bond donors (Lipinski definition) is 2. The molecule has 2 aromatic rings. The largest absolute Gasteiger partial charge is 0.508 e. The summed E-state index contributed by atoms with van der Waals surface area (Å²) < 4.78 is 0. The van der Waals surface area contributed by atoms with Gasteiger partial charge in [-0.15, -0.1) is 0 Å². The van der Waals surface area contributed by atoms with E-state index in [1.807, 2.05) is 18.2 Å². The minimum Gasteiger partial charge on any atom is -0.508 e. The maximum Gasteiger partial charge on any atom is 0.115 e. The van der Waals surface area contributed by atoms with Crippen LogP contribution in [0.25, 0.3) is 0 Å². The molecule has 1 unspecified atom stereocenters. The van der Waals surface area contributed by atoms with Gasteiger partial charge in [0, 0.05) is 5.41 Å². The van der Waals surface area contributed by atoms with Crippen molar-refractivity contribution in [3.63, 3.8) is 0 Å². The summed E-state index contributed by atoms with van der Waals surface area (Å²) in [7, 11) is 0. The molecular formula is C22H26O2. The van der Waals surface area contributed by atoms with Crippen LogP contribution in [0.5, 0.6) is 11.5 Å².